The molecule has 20 heavy (non-hydrogen) atoms. The van der Waals surface area contributed by atoms with Crippen LogP contribution in [0.4, 0.5) is 4.79 Å². The number of nitrogens with zero attached hydrogens (tertiary/aromatic N) is 1. The molecule has 0 saturated carbocycles. The Hall–Kier alpha value is -1.56. The number of carboxylic acid groups (broad SMARTS) is 1. The van der Waals surface area contributed by atoms with E-state index >= 15 is 0 Å². The first kappa shape index (κ1) is 14.8. The van der Waals surface area contributed by atoms with Crippen molar-refractivity contribution in [3.8, 4) is 0 Å². The van der Waals surface area contributed by atoms with E-state index in [0.29, 0.717) is 32.5 Å². The number of likely N-dealkylation sites (tertiary alicyclic amines) is 1. The lowest BCUT2D eigenvalue weighted by atomic mass is 9.97. The van der Waals surface area contributed by atoms with Crippen LogP contribution >= 0.6 is 11.3 Å². The summed E-state index contributed by atoms with van der Waals surface area (Å²) < 4.78 is 0. The van der Waals surface area contributed by atoms with Crippen LogP contribution < -0.4 is 5.32 Å². The van der Waals surface area contributed by atoms with E-state index in [9.17, 15) is 9.59 Å². The molecule has 0 bridgehead atoms. The van der Waals surface area contributed by atoms with Gasteiger partial charge in [-0.25, -0.2) is 4.79 Å². The number of hydrogen-bond acceptors (Lipinski definition) is 3. The van der Waals surface area contributed by atoms with Crippen LogP contribution in [0.5, 0.6) is 0 Å². The highest BCUT2D eigenvalue weighted by molar-refractivity contribution is 7.12. The first-order valence-corrected chi connectivity index (χ1v) is 7.60. The van der Waals surface area contributed by atoms with Gasteiger partial charge in [0.1, 0.15) is 0 Å². The molecule has 0 unspecified atom stereocenters. The van der Waals surface area contributed by atoms with Crippen LogP contribution in [0.15, 0.2) is 6.07 Å². The molecular weight excluding hydrogens is 276 g/mol. The van der Waals surface area contributed by atoms with Gasteiger partial charge >= 0.3 is 12.0 Å². The molecule has 2 amide bonds. The fraction of sp³-hybridized carbons (Fsp3) is 0.571. The molecule has 0 spiro atoms. The lowest BCUT2D eigenvalue weighted by molar-refractivity contribution is -0.143. The normalized spacial score (nSPS) is 16.2. The molecular formula is C14H20N2O3S. The number of amides is 2. The number of rotatable bonds is 3. The molecule has 2 N–H and O–H groups in total. The Morgan fingerprint density at radius 2 is 2.05 bits per heavy atom. The second kappa shape index (κ2) is 6.26. The molecule has 1 aromatic rings. The molecule has 6 heteroatoms. The maximum atomic E-state index is 12.0. The number of carboxylic acids is 1. The Balaban J connectivity index is 1.80. The molecule has 2 rings (SSSR count). The number of aryl methyl sites for hydroxylation is 2. The summed E-state index contributed by atoms with van der Waals surface area (Å²) in [6, 6.07) is 1.99. The summed E-state index contributed by atoms with van der Waals surface area (Å²) >= 11 is 1.70. The molecule has 0 aromatic carbocycles. The van der Waals surface area contributed by atoms with Crippen molar-refractivity contribution in [2.24, 2.45) is 5.92 Å². The third kappa shape index (κ3) is 3.50. The van der Waals surface area contributed by atoms with Crippen LogP contribution in [-0.2, 0) is 11.3 Å². The van der Waals surface area contributed by atoms with Gasteiger partial charge in [-0.05, 0) is 38.3 Å². The summed E-state index contributed by atoms with van der Waals surface area (Å²) in [4.78, 5) is 27.0. The van der Waals surface area contributed by atoms with Gasteiger partial charge in [0.05, 0.1) is 12.5 Å². The lowest BCUT2D eigenvalue weighted by Gasteiger charge is -2.30. The van der Waals surface area contributed by atoms with Gasteiger partial charge in [0.2, 0.25) is 0 Å². The monoisotopic (exact) mass is 296 g/mol. The minimum absolute atomic E-state index is 0.0995. The first-order chi connectivity index (χ1) is 9.47. The summed E-state index contributed by atoms with van der Waals surface area (Å²) in [6.45, 7) is 5.71. The van der Waals surface area contributed by atoms with Gasteiger partial charge in [0, 0.05) is 22.8 Å². The Labute approximate surface area is 122 Å². The zero-order valence-electron chi connectivity index (χ0n) is 11.8. The van der Waals surface area contributed by atoms with Crippen LogP contribution in [0, 0.1) is 19.8 Å². The predicted octanol–water partition coefficient (Wildman–Crippen LogP) is 2.37. The highest BCUT2D eigenvalue weighted by Crippen LogP contribution is 2.21. The third-order valence-electron chi connectivity index (χ3n) is 3.76. The van der Waals surface area contributed by atoms with Gasteiger partial charge in [0.15, 0.2) is 0 Å². The largest absolute Gasteiger partial charge is 0.481 e. The van der Waals surface area contributed by atoms with Crippen molar-refractivity contribution in [2.45, 2.75) is 33.2 Å². The Morgan fingerprint density at radius 1 is 1.40 bits per heavy atom. The zero-order valence-corrected chi connectivity index (χ0v) is 12.6. The second-order valence-electron chi connectivity index (χ2n) is 5.21. The number of aliphatic carboxylic acids is 1. The van der Waals surface area contributed by atoms with Gasteiger partial charge in [-0.3, -0.25) is 4.79 Å². The Bertz CT molecular complexity index is 485. The van der Waals surface area contributed by atoms with Crippen LogP contribution in [0.2, 0.25) is 0 Å². The minimum atomic E-state index is -0.755. The van der Waals surface area contributed by atoms with Gasteiger partial charge in [0.25, 0.3) is 0 Å². The van der Waals surface area contributed by atoms with Crippen molar-refractivity contribution in [1.29, 1.82) is 0 Å². The lowest BCUT2D eigenvalue weighted by Crippen LogP contribution is -2.45. The molecule has 0 aliphatic carbocycles. The number of carbonyl (C=O) groups is 2. The molecule has 5 nitrogen and oxygen atoms in total. The standard InChI is InChI=1S/C14H20N2O3S/c1-9-7-12(20-10(9)2)8-15-14(19)16-5-3-11(4-6-16)13(17)18/h7,11H,3-6,8H2,1-2H3,(H,15,19)(H,17,18). The van der Waals surface area contributed by atoms with Crippen LogP contribution in [0.1, 0.15) is 28.2 Å². The molecule has 1 fully saturated rings. The van der Waals surface area contributed by atoms with Crippen molar-refractivity contribution >= 4 is 23.3 Å². The molecule has 1 aromatic heterocycles. The predicted molar refractivity (Wildman–Crippen MR) is 78.0 cm³/mol. The maximum absolute atomic E-state index is 12.0. The van der Waals surface area contributed by atoms with Crippen molar-refractivity contribution < 1.29 is 14.7 Å². The molecule has 1 aliphatic heterocycles. The van der Waals surface area contributed by atoms with Crippen molar-refractivity contribution in [3.63, 3.8) is 0 Å². The van der Waals surface area contributed by atoms with E-state index in [1.54, 1.807) is 16.2 Å². The smallest absolute Gasteiger partial charge is 0.317 e. The average molecular weight is 296 g/mol. The Morgan fingerprint density at radius 3 is 2.55 bits per heavy atom. The van der Waals surface area contributed by atoms with Gasteiger partial charge in [-0.2, -0.15) is 0 Å². The summed E-state index contributed by atoms with van der Waals surface area (Å²) in [7, 11) is 0. The SMILES string of the molecule is Cc1cc(CNC(=O)N2CCC(C(=O)O)CC2)sc1C. The second-order valence-corrected chi connectivity index (χ2v) is 6.55. The third-order valence-corrected chi connectivity index (χ3v) is 4.91. The number of hydrogen-bond donors (Lipinski definition) is 2. The zero-order chi connectivity index (χ0) is 14.7. The molecule has 2 heterocycles. The number of piperidine rings is 1. The summed E-state index contributed by atoms with van der Waals surface area (Å²) in [5, 5.41) is 11.8. The van der Waals surface area contributed by atoms with E-state index < -0.39 is 5.97 Å². The summed E-state index contributed by atoms with van der Waals surface area (Å²) in [5.74, 6) is -1.06. The van der Waals surface area contributed by atoms with Crippen molar-refractivity contribution in [1.82, 2.24) is 10.2 Å². The minimum Gasteiger partial charge on any atom is -0.481 e. The molecule has 0 atom stereocenters. The maximum Gasteiger partial charge on any atom is 0.317 e. The van der Waals surface area contributed by atoms with Crippen LogP contribution in [-0.4, -0.2) is 35.1 Å². The van der Waals surface area contributed by atoms with Crippen LogP contribution in [0.3, 0.4) is 0 Å². The van der Waals surface area contributed by atoms with E-state index in [1.807, 2.05) is 0 Å². The molecule has 1 saturated heterocycles. The fourth-order valence-corrected chi connectivity index (χ4v) is 3.33. The highest BCUT2D eigenvalue weighted by atomic mass is 32.1. The molecule has 1 aliphatic rings. The van der Waals surface area contributed by atoms with Crippen molar-refractivity contribution in [2.75, 3.05) is 13.1 Å². The van der Waals surface area contributed by atoms with Crippen molar-refractivity contribution in [3.05, 3.63) is 21.4 Å². The van der Waals surface area contributed by atoms with Gasteiger partial charge in [-0.1, -0.05) is 0 Å². The number of urea groups is 1. The van der Waals surface area contributed by atoms with Gasteiger partial charge in [-0.15, -0.1) is 11.3 Å². The number of nitrogens with one attached hydrogen (secondary N) is 1. The number of carbonyl (C=O) groups excluding carboxylic acids is 1. The van der Waals surface area contributed by atoms with E-state index in [-0.39, 0.29) is 11.9 Å². The first-order valence-electron chi connectivity index (χ1n) is 6.79. The topological polar surface area (TPSA) is 69.6 Å². The number of thiophene rings is 1. The summed E-state index contributed by atoms with van der Waals surface area (Å²) in [5.41, 5.74) is 1.25. The summed E-state index contributed by atoms with van der Waals surface area (Å²) in [6.07, 6.45) is 1.08. The Kier molecular flexibility index (Phi) is 4.65. The fourth-order valence-electron chi connectivity index (χ4n) is 2.34. The molecule has 0 radical (unpaired) electrons. The quantitative estimate of drug-likeness (QED) is 0.899. The van der Waals surface area contributed by atoms with E-state index in [1.165, 1.54) is 10.4 Å². The highest BCUT2D eigenvalue weighted by Gasteiger charge is 2.26. The molecule has 110 valence electrons. The van der Waals surface area contributed by atoms with E-state index in [4.69, 9.17) is 5.11 Å². The average Bonchev–Trinajstić information content (AvgIpc) is 2.75. The van der Waals surface area contributed by atoms with Crippen LogP contribution in [0.25, 0.3) is 0 Å². The van der Waals surface area contributed by atoms with E-state index in [2.05, 4.69) is 25.2 Å². The van der Waals surface area contributed by atoms with Gasteiger partial charge < -0.3 is 15.3 Å². The van der Waals surface area contributed by atoms with E-state index in [0.717, 1.165) is 4.88 Å².